The minimum Gasteiger partial charge on any atom is -0.339 e. The van der Waals surface area contributed by atoms with Crippen molar-refractivity contribution < 1.29 is 19.2 Å². The SMILES string of the molecule is CC1CCC2(CC1)NC(=O)N(NC(=O)C1CCN(C(=O)c3ccc(Cl)cc3)CC1)C2=O. The van der Waals surface area contributed by atoms with Crippen LogP contribution in [0.4, 0.5) is 4.79 Å². The van der Waals surface area contributed by atoms with Crippen LogP contribution in [0.25, 0.3) is 0 Å². The van der Waals surface area contributed by atoms with Crippen LogP contribution in [0.1, 0.15) is 55.8 Å². The van der Waals surface area contributed by atoms with Gasteiger partial charge in [-0.15, -0.1) is 0 Å². The fourth-order valence-electron chi connectivity index (χ4n) is 4.64. The van der Waals surface area contributed by atoms with Crippen molar-refractivity contribution in [1.29, 1.82) is 0 Å². The van der Waals surface area contributed by atoms with E-state index >= 15 is 0 Å². The number of carbonyl (C=O) groups excluding carboxylic acids is 4. The van der Waals surface area contributed by atoms with Gasteiger partial charge in [-0.1, -0.05) is 18.5 Å². The van der Waals surface area contributed by atoms with E-state index in [1.54, 1.807) is 29.2 Å². The van der Waals surface area contributed by atoms with E-state index in [0.29, 0.717) is 55.3 Å². The van der Waals surface area contributed by atoms with Crippen LogP contribution in [0.5, 0.6) is 0 Å². The van der Waals surface area contributed by atoms with Crippen molar-refractivity contribution in [1.82, 2.24) is 20.7 Å². The molecule has 2 N–H and O–H groups in total. The molecule has 1 saturated carbocycles. The van der Waals surface area contributed by atoms with Gasteiger partial charge < -0.3 is 10.2 Å². The highest BCUT2D eigenvalue weighted by molar-refractivity contribution is 6.30. The maximum atomic E-state index is 12.9. The van der Waals surface area contributed by atoms with Gasteiger partial charge in [0.05, 0.1) is 0 Å². The van der Waals surface area contributed by atoms with E-state index in [0.717, 1.165) is 17.9 Å². The number of carbonyl (C=O) groups is 4. The molecule has 4 rings (SSSR count). The highest BCUT2D eigenvalue weighted by atomic mass is 35.5. The zero-order chi connectivity index (χ0) is 22.2. The van der Waals surface area contributed by atoms with Crippen LogP contribution >= 0.6 is 11.6 Å². The molecule has 5 amide bonds. The number of amides is 5. The first-order valence-corrected chi connectivity index (χ1v) is 11.2. The quantitative estimate of drug-likeness (QED) is 0.697. The van der Waals surface area contributed by atoms with Gasteiger partial charge in [0, 0.05) is 29.6 Å². The van der Waals surface area contributed by atoms with Crippen molar-refractivity contribution in [3.63, 3.8) is 0 Å². The summed E-state index contributed by atoms with van der Waals surface area (Å²) in [5.74, 6) is -0.660. The third-order valence-corrected chi connectivity index (χ3v) is 7.01. The first-order chi connectivity index (χ1) is 14.8. The van der Waals surface area contributed by atoms with Crippen LogP contribution in [0, 0.1) is 11.8 Å². The number of hydrazine groups is 1. The number of hydrogen-bond donors (Lipinski definition) is 2. The Morgan fingerprint density at radius 2 is 1.68 bits per heavy atom. The zero-order valence-corrected chi connectivity index (χ0v) is 18.3. The average molecular weight is 447 g/mol. The van der Waals surface area contributed by atoms with Gasteiger partial charge in [-0.3, -0.25) is 19.8 Å². The van der Waals surface area contributed by atoms with Crippen molar-refractivity contribution in [3.8, 4) is 0 Å². The lowest BCUT2D eigenvalue weighted by atomic mass is 9.77. The van der Waals surface area contributed by atoms with Crippen LogP contribution in [0.3, 0.4) is 0 Å². The Kier molecular flexibility index (Phi) is 5.92. The van der Waals surface area contributed by atoms with E-state index in [9.17, 15) is 19.2 Å². The molecular formula is C22H27ClN4O4. The maximum absolute atomic E-state index is 12.9. The number of imide groups is 1. The highest BCUT2D eigenvalue weighted by Gasteiger charge is 2.53. The standard InChI is InChI=1S/C22H27ClN4O4/c1-14-6-10-22(11-7-14)20(30)27(21(31)24-22)25-18(28)15-8-12-26(13-9-15)19(29)16-2-4-17(23)5-3-16/h2-5,14-15H,6-13H2,1H3,(H,24,31)(H,25,28). The molecule has 0 unspecified atom stereocenters. The second-order valence-corrected chi connectivity index (χ2v) is 9.32. The molecule has 1 aliphatic carbocycles. The molecule has 0 aromatic heterocycles. The minimum atomic E-state index is -0.884. The van der Waals surface area contributed by atoms with E-state index in [1.807, 2.05) is 0 Å². The van der Waals surface area contributed by atoms with Crippen molar-refractivity contribution >= 4 is 35.4 Å². The lowest BCUT2D eigenvalue weighted by Gasteiger charge is -2.34. The van der Waals surface area contributed by atoms with Crippen molar-refractivity contribution in [3.05, 3.63) is 34.9 Å². The van der Waals surface area contributed by atoms with E-state index in [2.05, 4.69) is 17.7 Å². The Balaban J connectivity index is 1.32. The van der Waals surface area contributed by atoms with Crippen LogP contribution in [-0.4, -0.2) is 52.3 Å². The van der Waals surface area contributed by atoms with Crippen molar-refractivity contribution in [2.75, 3.05) is 13.1 Å². The van der Waals surface area contributed by atoms with Gasteiger partial charge in [0.1, 0.15) is 5.54 Å². The molecule has 3 aliphatic rings. The zero-order valence-electron chi connectivity index (χ0n) is 17.5. The second-order valence-electron chi connectivity index (χ2n) is 8.88. The van der Waals surface area contributed by atoms with Crippen LogP contribution in [0.2, 0.25) is 5.02 Å². The molecule has 1 aromatic rings. The normalized spacial score (nSPS) is 26.8. The summed E-state index contributed by atoms with van der Waals surface area (Å²) in [6.07, 6.45) is 3.86. The Morgan fingerprint density at radius 1 is 1.06 bits per heavy atom. The number of urea groups is 1. The van der Waals surface area contributed by atoms with Crippen LogP contribution in [0.15, 0.2) is 24.3 Å². The number of piperidine rings is 1. The molecule has 166 valence electrons. The van der Waals surface area contributed by atoms with Gasteiger partial charge in [0.15, 0.2) is 0 Å². The molecule has 1 aromatic carbocycles. The molecule has 0 radical (unpaired) electrons. The summed E-state index contributed by atoms with van der Waals surface area (Å²) in [7, 11) is 0. The highest BCUT2D eigenvalue weighted by Crippen LogP contribution is 2.36. The summed E-state index contributed by atoms with van der Waals surface area (Å²) in [4.78, 5) is 52.4. The predicted octanol–water partition coefficient (Wildman–Crippen LogP) is 2.72. The maximum Gasteiger partial charge on any atom is 0.344 e. The summed E-state index contributed by atoms with van der Waals surface area (Å²) < 4.78 is 0. The van der Waals surface area contributed by atoms with E-state index in [4.69, 9.17) is 11.6 Å². The van der Waals surface area contributed by atoms with Crippen LogP contribution < -0.4 is 10.7 Å². The number of hydrogen-bond acceptors (Lipinski definition) is 4. The predicted molar refractivity (Wildman–Crippen MR) is 114 cm³/mol. The topological polar surface area (TPSA) is 98.8 Å². The largest absolute Gasteiger partial charge is 0.344 e. The molecule has 3 fully saturated rings. The molecule has 2 heterocycles. The monoisotopic (exact) mass is 446 g/mol. The number of benzene rings is 1. The molecule has 0 bridgehead atoms. The van der Waals surface area contributed by atoms with E-state index in [1.165, 1.54) is 0 Å². The van der Waals surface area contributed by atoms with Gasteiger partial charge in [0.25, 0.3) is 11.8 Å². The molecule has 9 heteroatoms. The Morgan fingerprint density at radius 3 is 2.29 bits per heavy atom. The molecule has 2 saturated heterocycles. The molecule has 0 atom stereocenters. The number of likely N-dealkylation sites (tertiary alicyclic amines) is 1. The average Bonchev–Trinajstić information content (AvgIpc) is 3.00. The van der Waals surface area contributed by atoms with Crippen molar-refractivity contribution in [2.24, 2.45) is 11.8 Å². The fourth-order valence-corrected chi connectivity index (χ4v) is 4.76. The lowest BCUT2D eigenvalue weighted by molar-refractivity contribution is -0.142. The van der Waals surface area contributed by atoms with Gasteiger partial charge in [-0.2, -0.15) is 5.01 Å². The fraction of sp³-hybridized carbons (Fsp3) is 0.545. The lowest BCUT2D eigenvalue weighted by Crippen LogP contribution is -2.53. The van der Waals surface area contributed by atoms with E-state index < -0.39 is 11.6 Å². The van der Waals surface area contributed by atoms with Gasteiger partial charge in [-0.25, -0.2) is 4.79 Å². The summed E-state index contributed by atoms with van der Waals surface area (Å²) >= 11 is 5.87. The third kappa shape index (κ3) is 4.26. The van der Waals surface area contributed by atoms with E-state index in [-0.39, 0.29) is 23.6 Å². The molecule has 1 spiro atoms. The molecule has 2 aliphatic heterocycles. The van der Waals surface area contributed by atoms with Gasteiger partial charge >= 0.3 is 6.03 Å². The summed E-state index contributed by atoms with van der Waals surface area (Å²) in [6.45, 7) is 3.00. The van der Waals surface area contributed by atoms with Crippen LogP contribution in [-0.2, 0) is 9.59 Å². The first-order valence-electron chi connectivity index (χ1n) is 10.8. The number of halogens is 1. The van der Waals surface area contributed by atoms with Crippen molar-refractivity contribution in [2.45, 2.75) is 51.0 Å². The second kappa shape index (κ2) is 8.49. The molecular weight excluding hydrogens is 420 g/mol. The summed E-state index contributed by atoms with van der Waals surface area (Å²) in [5, 5.41) is 4.22. The molecule has 8 nitrogen and oxygen atoms in total. The third-order valence-electron chi connectivity index (χ3n) is 6.76. The van der Waals surface area contributed by atoms with Gasteiger partial charge in [0.2, 0.25) is 5.91 Å². The number of nitrogens with zero attached hydrogens (tertiary/aromatic N) is 2. The first kappa shape index (κ1) is 21.6. The Bertz CT molecular complexity index is 887. The number of nitrogens with one attached hydrogen (secondary N) is 2. The summed E-state index contributed by atoms with van der Waals surface area (Å²) in [5.41, 5.74) is 2.20. The number of rotatable bonds is 3. The van der Waals surface area contributed by atoms with Gasteiger partial charge in [-0.05, 0) is 68.7 Å². The molecule has 31 heavy (non-hydrogen) atoms. The summed E-state index contributed by atoms with van der Waals surface area (Å²) in [6, 6.07) is 6.15. The Labute approximate surface area is 186 Å². The smallest absolute Gasteiger partial charge is 0.339 e. The Hall–Kier alpha value is -2.61. The minimum absolute atomic E-state index is 0.0990.